The molecule has 0 aliphatic heterocycles. The molecule has 19 heavy (non-hydrogen) atoms. The van der Waals surface area contributed by atoms with Crippen molar-refractivity contribution in [3.63, 3.8) is 0 Å². The molecule has 2 rings (SSSR count). The average molecular weight is 368 g/mol. The van der Waals surface area contributed by atoms with E-state index in [4.69, 9.17) is 0 Å². The van der Waals surface area contributed by atoms with E-state index in [2.05, 4.69) is 49.8 Å². The molecule has 100 valence electrons. The van der Waals surface area contributed by atoms with Gasteiger partial charge in [-0.2, -0.15) is 0 Å². The number of aromatic nitrogens is 3. The zero-order chi connectivity index (χ0) is 13.8. The van der Waals surface area contributed by atoms with Crippen LogP contribution in [-0.2, 0) is 0 Å². The van der Waals surface area contributed by atoms with E-state index < -0.39 is 0 Å². The predicted octanol–water partition coefficient (Wildman–Crippen LogP) is 3.58. The highest BCUT2D eigenvalue weighted by Gasteiger charge is 2.07. The topological polar surface area (TPSA) is 50.7 Å². The Kier molecular flexibility index (Phi) is 4.68. The van der Waals surface area contributed by atoms with Gasteiger partial charge in [0.1, 0.15) is 5.82 Å². The molecule has 0 radical (unpaired) electrons. The lowest BCUT2D eigenvalue weighted by atomic mass is 10.2. The van der Waals surface area contributed by atoms with Crippen molar-refractivity contribution < 1.29 is 0 Å². The molecule has 0 fully saturated rings. The van der Waals surface area contributed by atoms with Crippen LogP contribution < -0.4 is 5.32 Å². The number of aryl methyl sites for hydroxylation is 2. The number of nitrogens with one attached hydrogen (secondary N) is 1. The molecule has 0 spiro atoms. The zero-order valence-corrected chi connectivity index (χ0v) is 13.5. The fraction of sp³-hybridized carbons (Fsp3) is 0.357. The van der Waals surface area contributed by atoms with Gasteiger partial charge in [-0.1, -0.05) is 6.92 Å². The Bertz CT molecular complexity index is 563. The third kappa shape index (κ3) is 3.62. The summed E-state index contributed by atoms with van der Waals surface area (Å²) in [6, 6.07) is 4.03. The van der Waals surface area contributed by atoms with Crippen LogP contribution in [0.5, 0.6) is 0 Å². The Balaban J connectivity index is 2.39. The highest BCUT2D eigenvalue weighted by molar-refractivity contribution is 14.1. The first kappa shape index (κ1) is 14.2. The summed E-state index contributed by atoms with van der Waals surface area (Å²) in [4.78, 5) is 13.4. The fourth-order valence-electron chi connectivity index (χ4n) is 1.84. The summed E-state index contributed by atoms with van der Waals surface area (Å²) >= 11 is 2.25. The van der Waals surface area contributed by atoms with Crippen LogP contribution in [-0.4, -0.2) is 21.5 Å². The number of hydrogen-bond donors (Lipinski definition) is 1. The molecule has 0 atom stereocenters. The van der Waals surface area contributed by atoms with Gasteiger partial charge in [-0.25, -0.2) is 9.97 Å². The number of nitrogens with zero attached hydrogens (tertiary/aromatic N) is 3. The monoisotopic (exact) mass is 368 g/mol. The largest absolute Gasteiger partial charge is 0.369 e. The second-order valence-electron chi connectivity index (χ2n) is 4.46. The SMILES string of the molecule is CCCNc1nc(-c2cc(C)nc(C)c2)ncc1I. The number of hydrogen-bond acceptors (Lipinski definition) is 4. The first-order valence-corrected chi connectivity index (χ1v) is 7.40. The Labute approximate surface area is 127 Å². The van der Waals surface area contributed by atoms with Crippen LogP contribution in [0.2, 0.25) is 0 Å². The van der Waals surface area contributed by atoms with Crippen LogP contribution in [0.25, 0.3) is 11.4 Å². The molecule has 2 heterocycles. The van der Waals surface area contributed by atoms with Gasteiger partial charge in [-0.15, -0.1) is 0 Å². The van der Waals surface area contributed by atoms with Gasteiger partial charge in [0.25, 0.3) is 0 Å². The van der Waals surface area contributed by atoms with Crippen molar-refractivity contribution in [2.75, 3.05) is 11.9 Å². The zero-order valence-electron chi connectivity index (χ0n) is 11.4. The lowest BCUT2D eigenvalue weighted by Crippen LogP contribution is -2.05. The second kappa shape index (κ2) is 6.27. The number of pyridine rings is 1. The molecule has 0 aromatic carbocycles. The highest BCUT2D eigenvalue weighted by atomic mass is 127. The van der Waals surface area contributed by atoms with Crippen molar-refractivity contribution >= 4 is 28.4 Å². The lowest BCUT2D eigenvalue weighted by Gasteiger charge is -2.09. The molecule has 0 saturated heterocycles. The van der Waals surface area contributed by atoms with Crippen LogP contribution in [0.3, 0.4) is 0 Å². The maximum absolute atomic E-state index is 4.60. The summed E-state index contributed by atoms with van der Waals surface area (Å²) in [5.41, 5.74) is 2.99. The highest BCUT2D eigenvalue weighted by Crippen LogP contribution is 2.21. The maximum atomic E-state index is 4.60. The number of rotatable bonds is 4. The van der Waals surface area contributed by atoms with Crippen molar-refractivity contribution in [3.8, 4) is 11.4 Å². The van der Waals surface area contributed by atoms with Crippen LogP contribution in [0, 0.1) is 17.4 Å². The molecule has 2 aromatic heterocycles. The summed E-state index contributed by atoms with van der Waals surface area (Å²) in [7, 11) is 0. The summed E-state index contributed by atoms with van der Waals surface area (Å²) in [6.45, 7) is 7.03. The third-order valence-corrected chi connectivity index (χ3v) is 3.42. The van der Waals surface area contributed by atoms with Crippen molar-refractivity contribution in [3.05, 3.63) is 33.3 Å². The van der Waals surface area contributed by atoms with E-state index in [1.807, 2.05) is 32.2 Å². The molecule has 0 saturated carbocycles. The van der Waals surface area contributed by atoms with Gasteiger partial charge in [0, 0.05) is 29.7 Å². The number of halogens is 1. The number of anilines is 1. The van der Waals surface area contributed by atoms with Crippen LogP contribution in [0.1, 0.15) is 24.7 Å². The molecular weight excluding hydrogens is 351 g/mol. The molecular formula is C14H17IN4. The van der Waals surface area contributed by atoms with Gasteiger partial charge < -0.3 is 5.32 Å². The molecule has 0 aliphatic rings. The van der Waals surface area contributed by atoms with Crippen LogP contribution in [0.15, 0.2) is 18.3 Å². The van der Waals surface area contributed by atoms with Crippen LogP contribution in [0.4, 0.5) is 5.82 Å². The van der Waals surface area contributed by atoms with Crippen molar-refractivity contribution in [2.45, 2.75) is 27.2 Å². The Morgan fingerprint density at radius 3 is 2.47 bits per heavy atom. The smallest absolute Gasteiger partial charge is 0.161 e. The minimum absolute atomic E-state index is 0.743. The van der Waals surface area contributed by atoms with Gasteiger partial charge in [0.2, 0.25) is 0 Å². The van der Waals surface area contributed by atoms with E-state index in [0.717, 1.165) is 45.1 Å². The van der Waals surface area contributed by atoms with Gasteiger partial charge in [-0.3, -0.25) is 4.98 Å². The standard InChI is InChI=1S/C14H17IN4/c1-4-5-16-14-12(15)8-17-13(19-14)11-6-9(2)18-10(3)7-11/h6-8H,4-5H2,1-3H3,(H,16,17,19). The molecule has 0 aliphatic carbocycles. The quantitative estimate of drug-likeness (QED) is 0.839. The van der Waals surface area contributed by atoms with Crippen molar-refractivity contribution in [1.82, 2.24) is 15.0 Å². The first-order chi connectivity index (χ1) is 9.10. The first-order valence-electron chi connectivity index (χ1n) is 6.32. The minimum atomic E-state index is 0.743. The normalized spacial score (nSPS) is 10.5. The lowest BCUT2D eigenvalue weighted by molar-refractivity contribution is 0.962. The Morgan fingerprint density at radius 1 is 1.16 bits per heavy atom. The summed E-state index contributed by atoms with van der Waals surface area (Å²) < 4.78 is 1.04. The van der Waals surface area contributed by atoms with E-state index >= 15 is 0 Å². The van der Waals surface area contributed by atoms with E-state index in [0.29, 0.717) is 0 Å². The van der Waals surface area contributed by atoms with E-state index in [1.54, 1.807) is 0 Å². The molecule has 4 nitrogen and oxygen atoms in total. The second-order valence-corrected chi connectivity index (χ2v) is 5.62. The minimum Gasteiger partial charge on any atom is -0.369 e. The third-order valence-electron chi connectivity index (χ3n) is 2.63. The van der Waals surface area contributed by atoms with Gasteiger partial charge in [0.05, 0.1) is 3.57 Å². The molecule has 1 N–H and O–H groups in total. The Hall–Kier alpha value is -1.24. The van der Waals surface area contributed by atoms with Crippen molar-refractivity contribution in [2.24, 2.45) is 0 Å². The summed E-state index contributed by atoms with van der Waals surface area (Å²) in [5, 5.41) is 3.33. The van der Waals surface area contributed by atoms with Crippen LogP contribution >= 0.6 is 22.6 Å². The predicted molar refractivity (Wildman–Crippen MR) is 86.2 cm³/mol. The Morgan fingerprint density at radius 2 is 1.84 bits per heavy atom. The molecule has 5 heteroatoms. The van der Waals surface area contributed by atoms with Gasteiger partial charge in [0.15, 0.2) is 5.82 Å². The molecule has 0 bridgehead atoms. The molecule has 0 unspecified atom stereocenters. The van der Waals surface area contributed by atoms with Gasteiger partial charge >= 0.3 is 0 Å². The van der Waals surface area contributed by atoms with E-state index in [-0.39, 0.29) is 0 Å². The molecule has 0 amide bonds. The summed E-state index contributed by atoms with van der Waals surface area (Å²) in [5.74, 6) is 1.65. The van der Waals surface area contributed by atoms with Crippen molar-refractivity contribution in [1.29, 1.82) is 0 Å². The molecule has 2 aromatic rings. The maximum Gasteiger partial charge on any atom is 0.161 e. The summed E-state index contributed by atoms with van der Waals surface area (Å²) in [6.07, 6.45) is 2.93. The average Bonchev–Trinajstić information content (AvgIpc) is 2.36. The van der Waals surface area contributed by atoms with E-state index in [1.165, 1.54) is 0 Å². The van der Waals surface area contributed by atoms with E-state index in [9.17, 15) is 0 Å². The fourth-order valence-corrected chi connectivity index (χ4v) is 2.29. The van der Waals surface area contributed by atoms with Gasteiger partial charge in [-0.05, 0) is 55.0 Å².